The van der Waals surface area contributed by atoms with Gasteiger partial charge < -0.3 is 10.1 Å². The zero-order chi connectivity index (χ0) is 20.8. The summed E-state index contributed by atoms with van der Waals surface area (Å²) in [7, 11) is 1.51. The highest BCUT2D eigenvalue weighted by Crippen LogP contribution is 2.24. The molecule has 2 aromatic rings. The van der Waals surface area contributed by atoms with Crippen molar-refractivity contribution in [3.63, 3.8) is 0 Å². The minimum absolute atomic E-state index is 0.221. The van der Waals surface area contributed by atoms with Crippen LogP contribution in [0.4, 0.5) is 4.79 Å². The van der Waals surface area contributed by atoms with Crippen LogP contribution in [0.1, 0.15) is 27.9 Å². The van der Waals surface area contributed by atoms with E-state index in [1.807, 2.05) is 24.3 Å². The Morgan fingerprint density at radius 1 is 1.17 bits per heavy atom. The van der Waals surface area contributed by atoms with Gasteiger partial charge in [-0.15, -0.1) is 0 Å². The van der Waals surface area contributed by atoms with E-state index in [1.165, 1.54) is 7.11 Å². The van der Waals surface area contributed by atoms with Crippen LogP contribution in [0.15, 0.2) is 42.5 Å². The minimum atomic E-state index is -0.355. The number of carbonyl (C=O) groups excluding carboxylic acids is 3. The number of carbonyl (C=O) groups is 3. The zero-order valence-corrected chi connectivity index (χ0v) is 17.4. The van der Waals surface area contributed by atoms with Gasteiger partial charge in [0.05, 0.1) is 17.9 Å². The molecule has 1 saturated heterocycles. The maximum absolute atomic E-state index is 12.3. The van der Waals surface area contributed by atoms with E-state index in [0.29, 0.717) is 29.3 Å². The van der Waals surface area contributed by atoms with Crippen molar-refractivity contribution in [3.05, 3.63) is 64.2 Å². The third-order valence-electron chi connectivity index (χ3n) is 4.54. The van der Waals surface area contributed by atoms with Gasteiger partial charge in [0.2, 0.25) is 5.91 Å². The van der Waals surface area contributed by atoms with E-state index in [4.69, 9.17) is 16.3 Å². The molecule has 0 aliphatic carbocycles. The van der Waals surface area contributed by atoms with Gasteiger partial charge in [0.15, 0.2) is 0 Å². The summed E-state index contributed by atoms with van der Waals surface area (Å²) in [6.45, 7) is 0.525. The highest BCUT2D eigenvalue weighted by molar-refractivity contribution is 8.15. The first kappa shape index (κ1) is 21.2. The summed E-state index contributed by atoms with van der Waals surface area (Å²) in [5.74, 6) is 0.0380. The van der Waals surface area contributed by atoms with Crippen molar-refractivity contribution in [3.8, 4) is 5.75 Å². The van der Waals surface area contributed by atoms with Gasteiger partial charge in [0, 0.05) is 11.6 Å². The van der Waals surface area contributed by atoms with Gasteiger partial charge in [-0.3, -0.25) is 19.7 Å². The summed E-state index contributed by atoms with van der Waals surface area (Å²) in [5, 5.41) is 5.03. The monoisotopic (exact) mass is 432 g/mol. The number of aryl methyl sites for hydroxylation is 1. The molecule has 0 saturated carbocycles. The molecular weight excluding hydrogens is 412 g/mol. The lowest BCUT2D eigenvalue weighted by Crippen LogP contribution is -2.25. The summed E-state index contributed by atoms with van der Waals surface area (Å²) in [4.78, 5) is 35.2. The highest BCUT2D eigenvalue weighted by Gasteiger charge is 2.31. The lowest BCUT2D eigenvalue weighted by atomic mass is 10.0. The smallest absolute Gasteiger partial charge is 0.286 e. The van der Waals surface area contributed by atoms with E-state index in [9.17, 15) is 14.4 Å². The van der Waals surface area contributed by atoms with E-state index < -0.39 is 0 Å². The molecule has 1 heterocycles. The van der Waals surface area contributed by atoms with Crippen LogP contribution >= 0.6 is 23.4 Å². The number of halogens is 1. The Morgan fingerprint density at radius 3 is 2.55 bits per heavy atom. The number of methoxy groups -OCH3 is 1. The van der Waals surface area contributed by atoms with Crippen molar-refractivity contribution >= 4 is 40.4 Å². The number of imide groups is 1. The molecule has 3 amide bonds. The highest BCUT2D eigenvalue weighted by atomic mass is 35.5. The van der Waals surface area contributed by atoms with Crippen LogP contribution in [0.5, 0.6) is 5.75 Å². The second-order valence-corrected chi connectivity index (χ2v) is 8.22. The number of thioether (sulfide) groups is 1. The lowest BCUT2D eigenvalue weighted by molar-refractivity contribution is -0.118. The quantitative estimate of drug-likeness (QED) is 0.622. The van der Waals surface area contributed by atoms with E-state index >= 15 is 0 Å². The number of amides is 3. The van der Waals surface area contributed by atoms with Crippen molar-refractivity contribution in [2.24, 2.45) is 0 Å². The largest absolute Gasteiger partial charge is 0.496 e. The predicted molar refractivity (Wildman–Crippen MR) is 114 cm³/mol. The molecule has 1 atom stereocenters. The predicted octanol–water partition coefficient (Wildman–Crippen LogP) is 3.61. The van der Waals surface area contributed by atoms with Crippen molar-refractivity contribution in [1.82, 2.24) is 10.6 Å². The molecule has 1 aliphatic rings. The van der Waals surface area contributed by atoms with Crippen LogP contribution in [0.3, 0.4) is 0 Å². The number of rotatable bonds is 8. The van der Waals surface area contributed by atoms with Crippen LogP contribution in [0, 0.1) is 0 Å². The summed E-state index contributed by atoms with van der Waals surface area (Å²) in [5.41, 5.74) is 2.57. The average molecular weight is 433 g/mol. The molecule has 152 valence electrons. The molecule has 0 unspecified atom stereocenters. The van der Waals surface area contributed by atoms with Gasteiger partial charge in [0.1, 0.15) is 5.75 Å². The van der Waals surface area contributed by atoms with Crippen LogP contribution < -0.4 is 15.4 Å². The summed E-state index contributed by atoms with van der Waals surface area (Å²) < 4.78 is 5.20. The van der Waals surface area contributed by atoms with Gasteiger partial charge in [-0.05, 0) is 48.6 Å². The maximum atomic E-state index is 12.3. The van der Waals surface area contributed by atoms with Crippen molar-refractivity contribution in [2.75, 3.05) is 13.7 Å². The maximum Gasteiger partial charge on any atom is 0.286 e. The summed E-state index contributed by atoms with van der Waals surface area (Å²) in [6.07, 6.45) is 2.12. The third kappa shape index (κ3) is 5.74. The van der Waals surface area contributed by atoms with E-state index in [2.05, 4.69) is 10.6 Å². The normalized spacial score (nSPS) is 15.9. The first-order valence-corrected chi connectivity index (χ1v) is 10.4. The second-order valence-electron chi connectivity index (χ2n) is 6.61. The number of hydrogen-bond acceptors (Lipinski definition) is 5. The average Bonchev–Trinajstić information content (AvgIpc) is 3.03. The second kappa shape index (κ2) is 9.80. The van der Waals surface area contributed by atoms with Crippen LogP contribution in [0.2, 0.25) is 5.02 Å². The molecule has 1 aliphatic heterocycles. The number of benzene rings is 2. The fourth-order valence-corrected chi connectivity index (χ4v) is 4.06. The SMILES string of the molecule is COc1ccc(Cl)cc1C(=O)NCCCc1ccc(C[C@@H]2SC(=O)NC2=O)cc1. The van der Waals surface area contributed by atoms with Gasteiger partial charge in [-0.25, -0.2) is 0 Å². The molecule has 6 nitrogen and oxygen atoms in total. The van der Waals surface area contributed by atoms with Crippen molar-refractivity contribution < 1.29 is 19.1 Å². The van der Waals surface area contributed by atoms with Crippen LogP contribution in [-0.2, 0) is 17.6 Å². The topological polar surface area (TPSA) is 84.5 Å². The molecule has 2 aromatic carbocycles. The van der Waals surface area contributed by atoms with E-state index in [0.717, 1.165) is 35.7 Å². The van der Waals surface area contributed by atoms with Crippen LogP contribution in [-0.4, -0.2) is 36.0 Å². The molecule has 1 fully saturated rings. The standard InChI is InChI=1S/C21H21ClN2O4S/c1-28-17-9-8-15(22)12-16(17)19(25)23-10-2-3-13-4-6-14(7-5-13)11-18-20(26)24-21(27)29-18/h4-9,12,18H,2-3,10-11H2,1H3,(H,23,25)(H,24,26,27)/t18-/m0/s1. The molecule has 0 radical (unpaired) electrons. The van der Waals surface area contributed by atoms with Gasteiger partial charge in [-0.1, -0.05) is 47.6 Å². The minimum Gasteiger partial charge on any atom is -0.496 e. The molecule has 3 rings (SSSR count). The van der Waals surface area contributed by atoms with Gasteiger partial charge >= 0.3 is 0 Å². The summed E-state index contributed by atoms with van der Waals surface area (Å²) >= 11 is 7.00. The molecule has 0 aromatic heterocycles. The van der Waals surface area contributed by atoms with Gasteiger partial charge in [0.25, 0.3) is 11.1 Å². The lowest BCUT2D eigenvalue weighted by Gasteiger charge is -2.10. The molecule has 0 spiro atoms. The van der Waals surface area contributed by atoms with Crippen LogP contribution in [0.25, 0.3) is 0 Å². The Balaban J connectivity index is 1.45. The zero-order valence-electron chi connectivity index (χ0n) is 15.9. The summed E-state index contributed by atoms with van der Waals surface area (Å²) in [6, 6.07) is 12.9. The Labute approximate surface area is 178 Å². The van der Waals surface area contributed by atoms with E-state index in [1.54, 1.807) is 18.2 Å². The Kier molecular flexibility index (Phi) is 7.17. The number of nitrogens with one attached hydrogen (secondary N) is 2. The van der Waals surface area contributed by atoms with Gasteiger partial charge in [-0.2, -0.15) is 0 Å². The molecule has 29 heavy (non-hydrogen) atoms. The number of ether oxygens (including phenoxy) is 1. The Bertz CT molecular complexity index is 917. The Hall–Kier alpha value is -2.51. The molecular formula is C21H21ClN2O4S. The first-order chi connectivity index (χ1) is 14.0. The van der Waals surface area contributed by atoms with Crippen molar-refractivity contribution in [1.29, 1.82) is 0 Å². The van der Waals surface area contributed by atoms with E-state index in [-0.39, 0.29) is 22.3 Å². The Morgan fingerprint density at radius 2 is 1.90 bits per heavy atom. The first-order valence-electron chi connectivity index (χ1n) is 9.17. The molecule has 0 bridgehead atoms. The van der Waals surface area contributed by atoms with Crippen molar-refractivity contribution in [2.45, 2.75) is 24.5 Å². The fraction of sp³-hybridized carbons (Fsp3) is 0.286. The molecule has 2 N–H and O–H groups in total. The molecule has 8 heteroatoms. The fourth-order valence-electron chi connectivity index (χ4n) is 3.03. The third-order valence-corrected chi connectivity index (χ3v) is 5.76. The number of hydrogen-bond donors (Lipinski definition) is 2.